The molecule has 0 aliphatic carbocycles. The van der Waals surface area contributed by atoms with E-state index in [2.05, 4.69) is 23.0 Å². The predicted molar refractivity (Wildman–Crippen MR) is 258 cm³/mol. The molecule has 0 saturated heterocycles. The minimum atomic E-state index is -4.10. The van der Waals surface area contributed by atoms with Crippen LogP contribution in [0.1, 0.15) is 42.3 Å². The van der Waals surface area contributed by atoms with E-state index in [9.17, 15) is 33.9 Å². The number of carbonyl (C=O) groups is 4. The maximum Gasteiger partial charge on any atom is 0.345 e. The molecule has 2 atom stereocenters. The van der Waals surface area contributed by atoms with Gasteiger partial charge in [-0.3, -0.25) is 34.4 Å². The van der Waals surface area contributed by atoms with E-state index >= 15 is 0 Å². The van der Waals surface area contributed by atoms with E-state index in [-0.39, 0.29) is 51.8 Å². The molecule has 0 radical (unpaired) electrons. The Kier molecular flexibility index (Phi) is 24.9. The van der Waals surface area contributed by atoms with Crippen LogP contribution in [0.2, 0.25) is 10.0 Å². The minimum Gasteiger partial charge on any atom is -0.489 e. The van der Waals surface area contributed by atoms with Crippen LogP contribution in [0.5, 0.6) is 17.2 Å². The molecule has 0 aromatic heterocycles. The zero-order valence-corrected chi connectivity index (χ0v) is 41.7. The highest BCUT2D eigenvalue weighted by atomic mass is 35.5. The van der Waals surface area contributed by atoms with Crippen LogP contribution in [0.3, 0.4) is 0 Å². The first kappa shape index (κ1) is 58.4. The summed E-state index contributed by atoms with van der Waals surface area (Å²) in [5, 5.41) is 21.7. The van der Waals surface area contributed by atoms with E-state index in [4.69, 9.17) is 87.1 Å². The molecule has 4 N–H and O–H groups in total. The molecule has 24 heteroatoms. The Morgan fingerprint density at radius 2 is 1.70 bits per heavy atom. The quantitative estimate of drug-likeness (QED) is 0.0285. The van der Waals surface area contributed by atoms with Crippen molar-refractivity contribution in [3.63, 3.8) is 0 Å². The highest BCUT2D eigenvalue weighted by molar-refractivity contribution is 7.51. The number of nitrogens with zero attached hydrogens (tertiary/aromatic N) is 3. The number of aryl methyl sites for hydroxylation is 2. The number of methoxy groups -OCH3 is 2. The number of nitrogens with one attached hydrogen (secondary N) is 1. The van der Waals surface area contributed by atoms with Gasteiger partial charge in [0.15, 0.2) is 4.84 Å². The SMILES string of the molecule is CC1COc2ccccc2N1C(=O)C(Cl)Cl.CCc1cccc(C)c1N(C(=O)CCl)C(C)COC.COC(=O)c1cc(Oc2ccc(Cl)cc2Cl)ccc1[N+](=O)[O-].O=C(O)CNCP(=O)(O)O. The van der Waals surface area contributed by atoms with E-state index in [1.165, 1.54) is 18.2 Å². The molecule has 366 valence electrons. The Morgan fingerprint density at radius 3 is 2.25 bits per heavy atom. The van der Waals surface area contributed by atoms with Crippen LogP contribution in [-0.4, -0.2) is 107 Å². The molecule has 0 spiro atoms. The number of ether oxygens (including phenoxy) is 4. The van der Waals surface area contributed by atoms with Crippen molar-refractivity contribution in [2.75, 3.05) is 55.9 Å². The van der Waals surface area contributed by atoms with E-state index < -0.39 is 42.1 Å². The monoisotopic (exact) mass is 1050 g/mol. The number of para-hydroxylation sites is 3. The molecule has 5 rings (SSSR count). The normalized spacial score (nSPS) is 13.1. The first-order valence-electron chi connectivity index (χ1n) is 19.8. The van der Waals surface area contributed by atoms with Crippen molar-refractivity contribution in [1.29, 1.82) is 0 Å². The van der Waals surface area contributed by atoms with Gasteiger partial charge in [0.2, 0.25) is 5.91 Å². The number of hydrogen-bond donors (Lipinski definition) is 4. The third kappa shape index (κ3) is 18.7. The summed E-state index contributed by atoms with van der Waals surface area (Å²) in [6.07, 6.45) is 0.280. The third-order valence-electron chi connectivity index (χ3n) is 8.93. The topological polar surface area (TPSA) is 245 Å². The smallest absolute Gasteiger partial charge is 0.345 e. The van der Waals surface area contributed by atoms with Gasteiger partial charge in [-0.2, -0.15) is 0 Å². The average Bonchev–Trinajstić information content (AvgIpc) is 3.27. The van der Waals surface area contributed by atoms with Gasteiger partial charge in [-0.1, -0.05) is 83.7 Å². The van der Waals surface area contributed by atoms with Crippen molar-refractivity contribution < 1.29 is 62.5 Å². The first-order valence-corrected chi connectivity index (χ1v) is 23.7. The number of nitro groups is 1. The molecule has 0 bridgehead atoms. The lowest BCUT2D eigenvalue weighted by molar-refractivity contribution is -0.385. The molecule has 1 heterocycles. The number of halogens is 5. The highest BCUT2D eigenvalue weighted by Crippen LogP contribution is 2.36. The second-order valence-corrected chi connectivity index (χ2v) is 17.9. The molecular formula is C43H50Cl5N4O14P. The van der Waals surface area contributed by atoms with Gasteiger partial charge in [0.05, 0.1) is 60.0 Å². The molecule has 1 aliphatic heterocycles. The summed E-state index contributed by atoms with van der Waals surface area (Å²) >= 11 is 28.8. The summed E-state index contributed by atoms with van der Waals surface area (Å²) in [6, 6.07) is 21.7. The predicted octanol–water partition coefficient (Wildman–Crippen LogP) is 9.04. The molecule has 67 heavy (non-hydrogen) atoms. The summed E-state index contributed by atoms with van der Waals surface area (Å²) in [6.45, 7) is 8.46. The summed E-state index contributed by atoms with van der Waals surface area (Å²) in [7, 11) is -1.32. The number of carboxylic acid groups (broad SMARTS) is 1. The number of anilines is 2. The lowest BCUT2D eigenvalue weighted by Gasteiger charge is -2.35. The van der Waals surface area contributed by atoms with Crippen molar-refractivity contribution in [3.8, 4) is 17.2 Å². The van der Waals surface area contributed by atoms with Crippen molar-refractivity contribution >= 4 is 106 Å². The van der Waals surface area contributed by atoms with Crippen LogP contribution < -0.4 is 24.6 Å². The van der Waals surface area contributed by atoms with Gasteiger partial charge in [0, 0.05) is 24.3 Å². The molecule has 2 unspecified atom stereocenters. The number of carboxylic acids is 1. The number of amides is 2. The number of benzene rings is 4. The third-order valence-corrected chi connectivity index (χ3v) is 10.7. The van der Waals surface area contributed by atoms with Crippen molar-refractivity contribution in [3.05, 3.63) is 116 Å². The zero-order valence-electron chi connectivity index (χ0n) is 37.0. The highest BCUT2D eigenvalue weighted by Gasteiger charge is 2.32. The van der Waals surface area contributed by atoms with Crippen LogP contribution in [0.15, 0.2) is 78.9 Å². The van der Waals surface area contributed by atoms with Crippen LogP contribution in [-0.2, 0) is 34.8 Å². The van der Waals surface area contributed by atoms with E-state index in [0.29, 0.717) is 29.7 Å². The lowest BCUT2D eigenvalue weighted by Crippen LogP contribution is -2.47. The van der Waals surface area contributed by atoms with Crippen LogP contribution in [0, 0.1) is 17.0 Å². The van der Waals surface area contributed by atoms with Gasteiger partial charge in [-0.05, 0) is 74.7 Å². The number of hydrogen-bond acceptors (Lipinski definition) is 12. The minimum absolute atomic E-state index is 0.0223. The number of esters is 1. The summed E-state index contributed by atoms with van der Waals surface area (Å²) in [4.78, 5) is 74.4. The van der Waals surface area contributed by atoms with Gasteiger partial charge in [-0.25, -0.2) is 4.79 Å². The standard InChI is InChI=1S/C15H22ClNO2.C14H9Cl2NO5.C11H11Cl2NO2.C3H8NO5P/c1-5-13-8-6-7-11(2)15(13)17(14(18)9-16)12(3)10-19-4;1-21-14(18)10-7-9(3-4-12(10)17(19)20)22-13-5-2-8(15)6-11(13)16;1-7-6-16-9-5-3-2-4-8(9)14(7)11(15)10(12)13;5-3(6)1-4-2-10(7,8)9/h6-8,12H,5,9-10H2,1-4H3;2-7H,1H3;2-5,7,10H,6H2,1H3;4H,1-2H2,(H,5,6)(H2,7,8,9). The number of fused-ring (bicyclic) bond motifs is 1. The molecule has 4 aromatic carbocycles. The number of carbonyl (C=O) groups excluding carboxylic acids is 3. The van der Waals surface area contributed by atoms with Crippen LogP contribution in [0.25, 0.3) is 0 Å². The maximum absolute atomic E-state index is 12.2. The molecule has 18 nitrogen and oxygen atoms in total. The number of rotatable bonds is 15. The Morgan fingerprint density at radius 1 is 1.03 bits per heavy atom. The number of aliphatic carboxylic acids is 1. The Bertz CT molecular complexity index is 2370. The molecule has 0 fully saturated rings. The van der Waals surface area contributed by atoms with Crippen LogP contribution >= 0.6 is 65.6 Å². The molecule has 0 saturated carbocycles. The molecule has 1 aliphatic rings. The Hall–Kier alpha value is -4.72. The Balaban J connectivity index is 0.000000317. The van der Waals surface area contributed by atoms with E-state index in [0.717, 1.165) is 42.1 Å². The van der Waals surface area contributed by atoms with Crippen molar-refractivity contribution in [2.24, 2.45) is 0 Å². The second kappa shape index (κ2) is 28.6. The van der Waals surface area contributed by atoms with Gasteiger partial charge < -0.3 is 43.6 Å². The van der Waals surface area contributed by atoms with Gasteiger partial charge >= 0.3 is 19.5 Å². The second-order valence-electron chi connectivity index (χ2n) is 14.0. The zero-order chi connectivity index (χ0) is 50.6. The average molecular weight is 1060 g/mol. The van der Waals surface area contributed by atoms with Crippen molar-refractivity contribution in [2.45, 2.75) is 51.0 Å². The van der Waals surface area contributed by atoms with Crippen molar-refractivity contribution in [1.82, 2.24) is 5.32 Å². The fourth-order valence-corrected chi connectivity index (χ4v) is 7.26. The van der Waals surface area contributed by atoms with Gasteiger partial charge in [0.25, 0.3) is 11.6 Å². The first-order chi connectivity index (χ1) is 31.5. The van der Waals surface area contributed by atoms with Gasteiger partial charge in [0.1, 0.15) is 35.3 Å². The fraction of sp³-hybridized carbons (Fsp3) is 0.349. The Labute approximate surface area is 412 Å². The molecule has 2 amide bonds. The number of alkyl halides is 3. The number of nitro benzene ring substituents is 1. The fourth-order valence-electron chi connectivity index (χ4n) is 6.07. The molecular weight excluding hydrogens is 1000 g/mol. The van der Waals surface area contributed by atoms with E-state index in [1.807, 2.05) is 57.2 Å². The van der Waals surface area contributed by atoms with Gasteiger partial charge in [-0.15, -0.1) is 11.6 Å². The summed E-state index contributed by atoms with van der Waals surface area (Å²) in [5.41, 5.74) is 3.34. The van der Waals surface area contributed by atoms with Crippen LogP contribution in [0.4, 0.5) is 17.1 Å². The molecule has 4 aromatic rings. The van der Waals surface area contributed by atoms with E-state index in [1.54, 1.807) is 29.0 Å². The lowest BCUT2D eigenvalue weighted by atomic mass is 10.0. The summed E-state index contributed by atoms with van der Waals surface area (Å²) < 4.78 is 30.8. The summed E-state index contributed by atoms with van der Waals surface area (Å²) in [5.74, 6) is -1.21. The largest absolute Gasteiger partial charge is 0.489 e. The maximum atomic E-state index is 12.2.